The molecule has 0 aromatic heterocycles. The Morgan fingerprint density at radius 1 is 0.554 bits per heavy atom. The number of nitrogens with zero attached hydrogens (tertiary/aromatic N) is 2. The van der Waals surface area contributed by atoms with E-state index in [0.29, 0.717) is 32.2 Å². The van der Waals surface area contributed by atoms with Crippen molar-refractivity contribution in [3.05, 3.63) is 0 Å². The molecule has 0 heterocycles. The van der Waals surface area contributed by atoms with Gasteiger partial charge in [-0.2, -0.15) is 0 Å². The highest BCUT2D eigenvalue weighted by Crippen LogP contribution is 2.37. The minimum atomic E-state index is -2.89. The smallest absolute Gasteiger partial charge is 0.436 e. The molecule has 0 saturated heterocycles. The number of hydrogen-bond acceptors (Lipinski definition) is 13. The minimum absolute atomic E-state index is 0.0145. The van der Waals surface area contributed by atoms with E-state index in [4.69, 9.17) is 47.4 Å². The molecule has 0 bridgehead atoms. The summed E-state index contributed by atoms with van der Waals surface area (Å²) in [5.41, 5.74) is 0. The van der Waals surface area contributed by atoms with Gasteiger partial charge in [-0.3, -0.25) is 9.80 Å². The molecule has 0 aromatic rings. The third-order valence-electron chi connectivity index (χ3n) is 9.33. The quantitative estimate of drug-likeness (QED) is 0.0462. The lowest BCUT2D eigenvalue weighted by Crippen LogP contribution is -2.62. The van der Waals surface area contributed by atoms with Crippen molar-refractivity contribution in [1.82, 2.24) is 9.80 Å². The fourth-order valence-corrected chi connectivity index (χ4v) is 43.5. The zero-order valence-electron chi connectivity index (χ0n) is 39.5. The molecular formula is C34H86N2O11Si9. The van der Waals surface area contributed by atoms with Gasteiger partial charge >= 0.3 is 53.1 Å². The summed E-state index contributed by atoms with van der Waals surface area (Å²) in [6.07, 6.45) is 2.12. The Balaban J connectivity index is 5.66. The lowest BCUT2D eigenvalue weighted by molar-refractivity contribution is 0.119. The highest BCUT2D eigenvalue weighted by molar-refractivity contribution is 6.94. The van der Waals surface area contributed by atoms with Crippen LogP contribution in [0.2, 0.25) is 94.8 Å². The third-order valence-corrected chi connectivity index (χ3v) is 41.2. The van der Waals surface area contributed by atoms with Gasteiger partial charge in [-0.05, 0) is 151 Å². The first kappa shape index (κ1) is 57.4. The summed E-state index contributed by atoms with van der Waals surface area (Å²) >= 11 is 0. The Bertz CT molecular complexity index is 990. The highest BCUT2D eigenvalue weighted by Gasteiger charge is 2.56. The van der Waals surface area contributed by atoms with Crippen LogP contribution in [-0.2, 0) is 47.4 Å². The van der Waals surface area contributed by atoms with Crippen LogP contribution >= 0.6 is 0 Å². The van der Waals surface area contributed by atoms with Gasteiger partial charge in [0.25, 0.3) is 0 Å². The molecule has 0 fully saturated rings. The lowest BCUT2D eigenvalue weighted by Gasteiger charge is -2.45. The molecule has 1 atom stereocenters. The molecule has 4 radical (unpaired) electrons. The fraction of sp³-hybridized carbons (Fsp3) is 1.00. The molecule has 0 aliphatic heterocycles. The van der Waals surface area contributed by atoms with E-state index in [0.717, 1.165) is 59.6 Å². The Labute approximate surface area is 357 Å². The lowest BCUT2D eigenvalue weighted by atomic mass is 10.4. The van der Waals surface area contributed by atoms with Gasteiger partial charge in [0.2, 0.25) is 0 Å². The van der Waals surface area contributed by atoms with E-state index in [9.17, 15) is 0 Å². The summed E-state index contributed by atoms with van der Waals surface area (Å²) in [5, 5.41) is 0.0145. The van der Waals surface area contributed by atoms with Gasteiger partial charge in [0.1, 0.15) is 0 Å². The molecule has 0 spiro atoms. The van der Waals surface area contributed by atoms with Crippen LogP contribution in [0.5, 0.6) is 0 Å². The summed E-state index contributed by atoms with van der Waals surface area (Å²) in [6, 6.07) is 4.16. The standard InChI is InChI=1S/C34H86N2O11Si9/c1-21-40-49(41-22-2)30-25-27-35(6)34(36(7)28-26-31-50(42-23-3)43-24-4)48-29-32-51(11,12)44-53(15,16)46-55(19,20)47-54(17,18)45-52(13,14)33(5)56(37-8,38-9)39-10/h33-34H,21-32H2,1-20H3. The van der Waals surface area contributed by atoms with Crippen LogP contribution in [0.4, 0.5) is 0 Å². The molecule has 0 amide bonds. The van der Waals surface area contributed by atoms with E-state index >= 15 is 0 Å². The molecule has 0 aliphatic carbocycles. The van der Waals surface area contributed by atoms with Gasteiger partial charge < -0.3 is 47.4 Å². The zero-order valence-corrected chi connectivity index (χ0v) is 48.5. The molecule has 334 valence electrons. The third kappa shape index (κ3) is 22.5. The average Bonchev–Trinajstić information content (AvgIpc) is 3.05. The Kier molecular flexibility index (Phi) is 28.2. The van der Waals surface area contributed by atoms with Crippen molar-refractivity contribution in [3.8, 4) is 0 Å². The Morgan fingerprint density at radius 3 is 1.27 bits per heavy atom. The van der Waals surface area contributed by atoms with Crippen LogP contribution in [0.25, 0.3) is 0 Å². The molecule has 56 heavy (non-hydrogen) atoms. The molecule has 0 aromatic carbocycles. The first-order valence-electron chi connectivity index (χ1n) is 20.7. The topological polar surface area (TPSA) is 108 Å². The Hall–Kier alpha value is 1.43. The average molecular weight is 952 g/mol. The van der Waals surface area contributed by atoms with Gasteiger partial charge in [-0.1, -0.05) is 13.0 Å². The molecule has 0 aliphatic rings. The molecule has 1 unspecified atom stereocenters. The molecule has 0 rings (SSSR count). The summed E-state index contributed by atoms with van der Waals surface area (Å²) in [7, 11) is -7.28. The van der Waals surface area contributed by atoms with E-state index in [-0.39, 0.29) is 5.16 Å². The van der Waals surface area contributed by atoms with Gasteiger partial charge in [0.05, 0.1) is 9.52 Å². The molecule has 22 heteroatoms. The molecular weight excluding hydrogens is 865 g/mol. The number of rotatable bonds is 35. The van der Waals surface area contributed by atoms with Crippen molar-refractivity contribution in [2.45, 2.75) is 148 Å². The van der Waals surface area contributed by atoms with E-state index in [1.54, 1.807) is 21.3 Å². The van der Waals surface area contributed by atoms with Gasteiger partial charge in [0, 0.05) is 58.7 Å². The number of hydrogen-bond donors (Lipinski definition) is 0. The van der Waals surface area contributed by atoms with Crippen molar-refractivity contribution in [3.63, 3.8) is 0 Å². The molecule has 13 nitrogen and oxygen atoms in total. The van der Waals surface area contributed by atoms with Crippen LogP contribution in [0.1, 0.15) is 47.5 Å². The maximum Gasteiger partial charge on any atom is 0.502 e. The predicted octanol–water partition coefficient (Wildman–Crippen LogP) is 7.55. The van der Waals surface area contributed by atoms with Crippen LogP contribution in [0.3, 0.4) is 0 Å². The van der Waals surface area contributed by atoms with E-state index in [1.807, 2.05) is 0 Å². The SMILES string of the molecule is CCO[Si](CCCN(C)C([Si]CC[Si](C)(C)O[Si](C)(C)O[Si](C)(C)O[Si](C)(C)O[Si](C)(C)C(C)[Si](OC)(OC)OC)N(C)CCC[Si](OCC)OCC)OCC. The first-order chi connectivity index (χ1) is 25.8. The van der Waals surface area contributed by atoms with Crippen LogP contribution in [0, 0.1) is 0 Å². The van der Waals surface area contributed by atoms with E-state index < -0.39 is 69.7 Å². The fourth-order valence-electron chi connectivity index (χ4n) is 7.25. The van der Waals surface area contributed by atoms with Crippen LogP contribution in [0.15, 0.2) is 0 Å². The van der Waals surface area contributed by atoms with E-state index in [1.165, 1.54) is 0 Å². The van der Waals surface area contributed by atoms with Crippen molar-refractivity contribution in [1.29, 1.82) is 0 Å². The van der Waals surface area contributed by atoms with Gasteiger partial charge in [-0.15, -0.1) is 0 Å². The first-order valence-corrected chi connectivity index (χ1v) is 41.4. The van der Waals surface area contributed by atoms with Gasteiger partial charge in [0.15, 0.2) is 16.6 Å². The molecule has 0 saturated carbocycles. The summed E-state index contributed by atoms with van der Waals surface area (Å²) in [5.74, 6) is 0.345. The van der Waals surface area contributed by atoms with Crippen LogP contribution in [-0.4, -0.2) is 170 Å². The summed E-state index contributed by atoms with van der Waals surface area (Å²) in [4.78, 5) is 5.08. The van der Waals surface area contributed by atoms with Gasteiger partial charge in [-0.25, -0.2) is 0 Å². The van der Waals surface area contributed by atoms with Crippen molar-refractivity contribution < 1.29 is 47.4 Å². The van der Waals surface area contributed by atoms with Crippen molar-refractivity contribution >= 4 is 79.2 Å². The maximum absolute atomic E-state index is 7.06. The largest absolute Gasteiger partial charge is 0.502 e. The highest BCUT2D eigenvalue weighted by atomic mass is 28.5. The zero-order chi connectivity index (χ0) is 43.4. The van der Waals surface area contributed by atoms with E-state index in [2.05, 4.69) is 124 Å². The predicted molar refractivity (Wildman–Crippen MR) is 249 cm³/mol. The monoisotopic (exact) mass is 950 g/mol. The molecule has 0 N–H and O–H groups in total. The summed E-state index contributed by atoms with van der Waals surface area (Å²) < 4.78 is 69.0. The van der Waals surface area contributed by atoms with Crippen molar-refractivity contribution in [2.24, 2.45) is 0 Å². The maximum atomic E-state index is 7.06. The summed E-state index contributed by atoms with van der Waals surface area (Å²) in [6.45, 7) is 37.1. The second-order valence-electron chi connectivity index (χ2n) is 16.6. The normalized spacial score (nSPS) is 14.7. The second-order valence-corrected chi connectivity index (χ2v) is 45.3. The second kappa shape index (κ2) is 27.5. The minimum Gasteiger partial charge on any atom is -0.436 e. The van der Waals surface area contributed by atoms with Crippen LogP contribution < -0.4 is 0 Å². The van der Waals surface area contributed by atoms with Crippen molar-refractivity contribution in [2.75, 3.05) is 74.9 Å². The Morgan fingerprint density at radius 2 is 0.911 bits per heavy atom.